The van der Waals surface area contributed by atoms with Gasteiger partial charge < -0.3 is 4.74 Å². The molecular formula is C19H23NO2. The van der Waals surface area contributed by atoms with Gasteiger partial charge in [-0.05, 0) is 34.4 Å². The summed E-state index contributed by atoms with van der Waals surface area (Å²) in [5.41, 5.74) is 0.563. The second-order valence-corrected chi connectivity index (χ2v) is 4.09. The number of pyridine rings is 1. The molecule has 0 aliphatic heterocycles. The van der Waals surface area contributed by atoms with Gasteiger partial charge in [-0.2, -0.15) is 0 Å². The van der Waals surface area contributed by atoms with Crippen molar-refractivity contribution >= 4 is 27.5 Å². The van der Waals surface area contributed by atoms with Crippen LogP contribution in [0.3, 0.4) is 0 Å². The quantitative estimate of drug-likeness (QED) is 0.456. The normalized spacial score (nSPS) is 9.32. The van der Waals surface area contributed by atoms with Gasteiger partial charge in [0.05, 0.1) is 12.7 Å². The van der Waals surface area contributed by atoms with Crippen LogP contribution >= 0.6 is 0 Å². The molecular weight excluding hydrogens is 274 g/mol. The molecule has 22 heavy (non-hydrogen) atoms. The van der Waals surface area contributed by atoms with Gasteiger partial charge in [-0.15, -0.1) is 0 Å². The van der Waals surface area contributed by atoms with Gasteiger partial charge in [0.1, 0.15) is 0 Å². The third-order valence-electron chi connectivity index (χ3n) is 3.06. The Labute approximate surface area is 131 Å². The van der Waals surface area contributed by atoms with Gasteiger partial charge in [0.15, 0.2) is 0 Å². The first kappa shape index (κ1) is 17.6. The summed E-state index contributed by atoms with van der Waals surface area (Å²) in [6.45, 7) is 8.00. The van der Waals surface area contributed by atoms with Gasteiger partial charge in [0, 0.05) is 17.8 Å². The van der Waals surface area contributed by atoms with Gasteiger partial charge >= 0.3 is 5.97 Å². The molecule has 0 fully saturated rings. The Morgan fingerprint density at radius 1 is 0.909 bits per heavy atom. The maximum absolute atomic E-state index is 11.5. The first-order chi connectivity index (χ1) is 10.8. The summed E-state index contributed by atoms with van der Waals surface area (Å²) >= 11 is 0. The molecule has 2 aromatic carbocycles. The molecule has 0 amide bonds. The number of ether oxygens (including phenoxy) is 1. The van der Waals surface area contributed by atoms with E-state index in [1.54, 1.807) is 12.3 Å². The molecule has 0 saturated heterocycles. The number of fused-ring (bicyclic) bond motifs is 3. The van der Waals surface area contributed by atoms with Crippen LogP contribution in [0.4, 0.5) is 0 Å². The van der Waals surface area contributed by atoms with Crippen molar-refractivity contribution in [3.63, 3.8) is 0 Å². The fourth-order valence-corrected chi connectivity index (χ4v) is 2.15. The van der Waals surface area contributed by atoms with Crippen LogP contribution in [-0.4, -0.2) is 18.1 Å². The van der Waals surface area contributed by atoms with E-state index in [2.05, 4.69) is 4.98 Å². The fourth-order valence-electron chi connectivity index (χ4n) is 2.15. The van der Waals surface area contributed by atoms with Crippen LogP contribution < -0.4 is 0 Å². The number of methoxy groups -OCH3 is 1. The standard InChI is InChI=1S/C15H11NO2.2C2H6/c1-18-15(17)12-4-5-13-11(8-12)3-2-10-6-7-16-9-14(10)13;2*1-2/h2-9H,1H3;2*1-2H3. The molecule has 3 nitrogen and oxygen atoms in total. The molecule has 0 atom stereocenters. The first-order valence-electron chi connectivity index (χ1n) is 7.64. The lowest BCUT2D eigenvalue weighted by Crippen LogP contribution is -2.00. The van der Waals surface area contributed by atoms with Gasteiger partial charge in [-0.25, -0.2) is 4.79 Å². The molecule has 116 valence electrons. The van der Waals surface area contributed by atoms with Crippen LogP contribution in [-0.2, 0) is 4.74 Å². The summed E-state index contributed by atoms with van der Waals surface area (Å²) in [5.74, 6) is -0.316. The molecule has 0 spiro atoms. The lowest BCUT2D eigenvalue weighted by atomic mass is 10.0. The SMILES string of the molecule is CC.CC.COC(=O)c1ccc2c(ccc3ccncc32)c1. The Balaban J connectivity index is 0.000000561. The second-order valence-electron chi connectivity index (χ2n) is 4.09. The fraction of sp³-hybridized carbons (Fsp3) is 0.263. The van der Waals surface area contributed by atoms with Crippen LogP contribution in [0.5, 0.6) is 0 Å². The van der Waals surface area contributed by atoms with Crippen molar-refractivity contribution < 1.29 is 9.53 Å². The molecule has 0 unspecified atom stereocenters. The summed E-state index contributed by atoms with van der Waals surface area (Å²) in [6, 6.07) is 11.6. The molecule has 1 aromatic heterocycles. The van der Waals surface area contributed by atoms with E-state index in [1.807, 2.05) is 64.2 Å². The summed E-state index contributed by atoms with van der Waals surface area (Å²) in [5, 5.41) is 4.33. The predicted molar refractivity (Wildman–Crippen MR) is 93.3 cm³/mol. The maximum atomic E-state index is 11.5. The Kier molecular flexibility index (Phi) is 7.03. The highest BCUT2D eigenvalue weighted by molar-refractivity contribution is 6.08. The van der Waals surface area contributed by atoms with Crippen molar-refractivity contribution in [3.8, 4) is 0 Å². The molecule has 0 saturated carbocycles. The number of benzene rings is 2. The number of hydrogen-bond acceptors (Lipinski definition) is 3. The molecule has 3 heteroatoms. The smallest absolute Gasteiger partial charge is 0.337 e. The number of rotatable bonds is 1. The molecule has 0 N–H and O–H groups in total. The van der Waals surface area contributed by atoms with E-state index in [0.717, 1.165) is 21.5 Å². The highest BCUT2D eigenvalue weighted by Gasteiger charge is 2.07. The number of esters is 1. The van der Waals surface area contributed by atoms with E-state index in [9.17, 15) is 4.79 Å². The zero-order chi connectivity index (χ0) is 16.5. The van der Waals surface area contributed by atoms with Crippen LogP contribution in [0.15, 0.2) is 48.8 Å². The minimum atomic E-state index is -0.316. The van der Waals surface area contributed by atoms with Crippen LogP contribution in [0, 0.1) is 0 Å². The van der Waals surface area contributed by atoms with Gasteiger partial charge in [-0.3, -0.25) is 4.98 Å². The first-order valence-corrected chi connectivity index (χ1v) is 7.64. The minimum absolute atomic E-state index is 0.316. The second kappa shape index (κ2) is 8.78. The monoisotopic (exact) mass is 297 g/mol. The van der Waals surface area contributed by atoms with Crippen molar-refractivity contribution in [1.29, 1.82) is 0 Å². The van der Waals surface area contributed by atoms with Crippen molar-refractivity contribution in [2.75, 3.05) is 7.11 Å². The van der Waals surface area contributed by atoms with Gasteiger partial charge in [-0.1, -0.05) is 45.9 Å². The topological polar surface area (TPSA) is 39.2 Å². The molecule has 0 aliphatic rings. The Bertz CT molecular complexity index is 751. The third-order valence-corrected chi connectivity index (χ3v) is 3.06. The Hall–Kier alpha value is -2.42. The lowest BCUT2D eigenvalue weighted by Gasteiger charge is -2.05. The van der Waals surface area contributed by atoms with E-state index < -0.39 is 0 Å². The zero-order valence-electron chi connectivity index (χ0n) is 13.9. The minimum Gasteiger partial charge on any atom is -0.465 e. The summed E-state index contributed by atoms with van der Waals surface area (Å²) in [7, 11) is 1.39. The third kappa shape index (κ3) is 3.61. The summed E-state index contributed by atoms with van der Waals surface area (Å²) in [6.07, 6.45) is 3.62. The molecule has 1 heterocycles. The summed E-state index contributed by atoms with van der Waals surface area (Å²) < 4.78 is 4.72. The predicted octanol–water partition coefficient (Wildman–Crippen LogP) is 5.23. The molecule has 3 rings (SSSR count). The summed E-state index contributed by atoms with van der Waals surface area (Å²) in [4.78, 5) is 15.6. The van der Waals surface area contributed by atoms with Crippen molar-refractivity contribution in [1.82, 2.24) is 4.98 Å². The molecule has 0 radical (unpaired) electrons. The van der Waals surface area contributed by atoms with Crippen molar-refractivity contribution in [3.05, 3.63) is 54.4 Å². The highest BCUT2D eigenvalue weighted by Crippen LogP contribution is 2.25. The Morgan fingerprint density at radius 3 is 2.27 bits per heavy atom. The van der Waals surface area contributed by atoms with E-state index in [0.29, 0.717) is 5.56 Å². The van der Waals surface area contributed by atoms with Gasteiger partial charge in [0.25, 0.3) is 0 Å². The number of aromatic nitrogens is 1. The van der Waals surface area contributed by atoms with E-state index in [1.165, 1.54) is 7.11 Å². The van der Waals surface area contributed by atoms with Crippen molar-refractivity contribution in [2.24, 2.45) is 0 Å². The zero-order valence-corrected chi connectivity index (χ0v) is 13.9. The lowest BCUT2D eigenvalue weighted by molar-refractivity contribution is 0.0601. The molecule has 0 aliphatic carbocycles. The van der Waals surface area contributed by atoms with E-state index in [4.69, 9.17) is 4.74 Å². The average molecular weight is 297 g/mol. The van der Waals surface area contributed by atoms with Crippen molar-refractivity contribution in [2.45, 2.75) is 27.7 Å². The number of carbonyl (C=O) groups is 1. The van der Waals surface area contributed by atoms with E-state index >= 15 is 0 Å². The van der Waals surface area contributed by atoms with Crippen LogP contribution in [0.2, 0.25) is 0 Å². The number of carbonyl (C=O) groups excluding carboxylic acids is 1. The highest BCUT2D eigenvalue weighted by atomic mass is 16.5. The number of nitrogens with zero attached hydrogens (tertiary/aromatic N) is 1. The molecule has 0 bridgehead atoms. The average Bonchev–Trinajstić information content (AvgIpc) is 2.63. The van der Waals surface area contributed by atoms with Gasteiger partial charge in [0.2, 0.25) is 0 Å². The number of hydrogen-bond donors (Lipinski definition) is 0. The Morgan fingerprint density at radius 2 is 1.59 bits per heavy atom. The van der Waals surface area contributed by atoms with Crippen LogP contribution in [0.1, 0.15) is 38.1 Å². The maximum Gasteiger partial charge on any atom is 0.337 e. The van der Waals surface area contributed by atoms with E-state index in [-0.39, 0.29) is 5.97 Å². The molecule has 3 aromatic rings. The van der Waals surface area contributed by atoms with Crippen LogP contribution in [0.25, 0.3) is 21.5 Å². The largest absolute Gasteiger partial charge is 0.465 e.